The van der Waals surface area contributed by atoms with E-state index in [1.807, 2.05) is 0 Å². The molecule has 2 aliphatic rings. The Morgan fingerprint density at radius 3 is 2.45 bits per heavy atom. The van der Waals surface area contributed by atoms with Gasteiger partial charge in [-0.05, 0) is 44.9 Å². The minimum atomic E-state index is 1.23. The van der Waals surface area contributed by atoms with Crippen LogP contribution in [0.5, 0.6) is 0 Å². The molecule has 0 bridgehead atoms. The van der Waals surface area contributed by atoms with Gasteiger partial charge >= 0.3 is 0 Å². The molecule has 0 N–H and O–H groups in total. The van der Waals surface area contributed by atoms with Crippen molar-refractivity contribution in [3.05, 3.63) is 11.8 Å². The predicted molar refractivity (Wildman–Crippen MR) is 47.8 cm³/mol. The zero-order chi connectivity index (χ0) is 7.52. The Bertz CT molecular complexity index is 193. The Labute approximate surface area is 68.2 Å². The molecule has 1 saturated carbocycles. The summed E-state index contributed by atoms with van der Waals surface area (Å²) in [4.78, 5) is 4.65. The van der Waals surface area contributed by atoms with Crippen molar-refractivity contribution in [1.29, 1.82) is 0 Å². The van der Waals surface area contributed by atoms with Crippen molar-refractivity contribution in [2.45, 2.75) is 44.9 Å². The molecule has 0 unspecified atom stereocenters. The van der Waals surface area contributed by atoms with Gasteiger partial charge in [-0.2, -0.15) is 0 Å². The van der Waals surface area contributed by atoms with E-state index < -0.39 is 0 Å². The maximum Gasteiger partial charge on any atom is 0.0363 e. The van der Waals surface area contributed by atoms with E-state index in [1.54, 1.807) is 0 Å². The van der Waals surface area contributed by atoms with Gasteiger partial charge in [0.1, 0.15) is 0 Å². The molecule has 1 heteroatoms. The Morgan fingerprint density at radius 1 is 1.00 bits per heavy atom. The maximum absolute atomic E-state index is 4.65. The van der Waals surface area contributed by atoms with Crippen LogP contribution in [-0.2, 0) is 0 Å². The van der Waals surface area contributed by atoms with Gasteiger partial charge in [0, 0.05) is 11.4 Å². The van der Waals surface area contributed by atoms with Gasteiger partial charge in [0.25, 0.3) is 0 Å². The molecule has 0 spiro atoms. The van der Waals surface area contributed by atoms with Crippen LogP contribution in [0, 0.1) is 0 Å². The van der Waals surface area contributed by atoms with Crippen molar-refractivity contribution < 1.29 is 0 Å². The van der Waals surface area contributed by atoms with Crippen molar-refractivity contribution in [3.63, 3.8) is 0 Å². The average molecular weight is 149 g/mol. The third-order valence-electron chi connectivity index (χ3n) is 2.50. The molecule has 0 aromatic heterocycles. The Hall–Kier alpha value is -0.590. The molecular weight excluding hydrogens is 134 g/mol. The first-order valence-electron chi connectivity index (χ1n) is 4.70. The van der Waals surface area contributed by atoms with Crippen LogP contribution in [0.2, 0.25) is 0 Å². The zero-order valence-corrected chi connectivity index (χ0v) is 6.97. The fourth-order valence-electron chi connectivity index (χ4n) is 1.85. The third kappa shape index (κ3) is 1.70. The Kier molecular flexibility index (Phi) is 2.06. The van der Waals surface area contributed by atoms with Crippen LogP contribution >= 0.6 is 0 Å². The molecule has 0 atom stereocenters. The minimum absolute atomic E-state index is 1.23. The van der Waals surface area contributed by atoms with Crippen LogP contribution in [0.4, 0.5) is 0 Å². The average Bonchev–Trinajstić information content (AvgIpc) is 2.60. The molecular formula is C10H15N. The first kappa shape index (κ1) is 7.08. The first-order chi connectivity index (χ1) is 5.45. The number of rotatable bonds is 1. The second kappa shape index (κ2) is 3.21. The van der Waals surface area contributed by atoms with Gasteiger partial charge in [-0.15, -0.1) is 0 Å². The van der Waals surface area contributed by atoms with E-state index in [1.165, 1.54) is 56.4 Å². The van der Waals surface area contributed by atoms with Gasteiger partial charge in [-0.25, -0.2) is 0 Å². The molecule has 0 radical (unpaired) electrons. The number of aliphatic imine (C=N–C) groups is 1. The highest BCUT2D eigenvalue weighted by atomic mass is 14.8. The summed E-state index contributed by atoms with van der Waals surface area (Å²) in [7, 11) is 0. The van der Waals surface area contributed by atoms with Gasteiger partial charge < -0.3 is 0 Å². The van der Waals surface area contributed by atoms with Gasteiger partial charge in [-0.3, -0.25) is 4.99 Å². The molecule has 0 amide bonds. The summed E-state index contributed by atoms with van der Waals surface area (Å²) in [5, 5.41) is 0. The lowest BCUT2D eigenvalue weighted by Gasteiger charge is -1.95. The lowest BCUT2D eigenvalue weighted by atomic mass is 10.3. The fraction of sp³-hybridized carbons (Fsp3) is 0.700. The number of hydrogen-bond acceptors (Lipinski definition) is 1. The molecule has 0 saturated heterocycles. The molecule has 1 fully saturated rings. The monoisotopic (exact) mass is 149 g/mol. The maximum atomic E-state index is 4.65. The molecule has 0 aliphatic heterocycles. The Morgan fingerprint density at radius 2 is 1.82 bits per heavy atom. The van der Waals surface area contributed by atoms with Crippen LogP contribution in [0.25, 0.3) is 0 Å². The van der Waals surface area contributed by atoms with Crippen LogP contribution in [0.15, 0.2) is 16.8 Å². The summed E-state index contributed by atoms with van der Waals surface area (Å²) in [6.45, 7) is 0. The van der Waals surface area contributed by atoms with E-state index in [-0.39, 0.29) is 0 Å². The van der Waals surface area contributed by atoms with E-state index in [0.717, 1.165) is 0 Å². The predicted octanol–water partition coefficient (Wildman–Crippen LogP) is 3.07. The Balaban J connectivity index is 2.00. The number of hydrogen-bond donors (Lipinski definition) is 0. The van der Waals surface area contributed by atoms with E-state index in [9.17, 15) is 0 Å². The number of nitrogens with zero attached hydrogens (tertiary/aromatic N) is 1. The van der Waals surface area contributed by atoms with E-state index >= 15 is 0 Å². The second-order valence-electron chi connectivity index (χ2n) is 3.47. The summed E-state index contributed by atoms with van der Waals surface area (Å²) < 4.78 is 0. The molecule has 11 heavy (non-hydrogen) atoms. The summed E-state index contributed by atoms with van der Waals surface area (Å²) >= 11 is 0. The summed E-state index contributed by atoms with van der Waals surface area (Å²) in [6, 6.07) is 0. The SMILES string of the molecule is C1=C(N=C2CCCC2)CCC1. The molecule has 0 aromatic carbocycles. The molecule has 1 nitrogen and oxygen atoms in total. The second-order valence-corrected chi connectivity index (χ2v) is 3.47. The van der Waals surface area contributed by atoms with Crippen molar-refractivity contribution in [3.8, 4) is 0 Å². The molecule has 2 rings (SSSR count). The van der Waals surface area contributed by atoms with Crippen LogP contribution < -0.4 is 0 Å². The molecule has 2 aliphatic carbocycles. The summed E-state index contributed by atoms with van der Waals surface area (Å²) in [6.07, 6.45) is 11.4. The fourth-order valence-corrected chi connectivity index (χ4v) is 1.85. The third-order valence-corrected chi connectivity index (χ3v) is 2.50. The van der Waals surface area contributed by atoms with E-state index in [2.05, 4.69) is 11.1 Å². The number of allylic oxidation sites excluding steroid dienone is 2. The highest BCUT2D eigenvalue weighted by Crippen LogP contribution is 2.22. The topological polar surface area (TPSA) is 12.4 Å². The van der Waals surface area contributed by atoms with Crippen LogP contribution in [0.1, 0.15) is 44.9 Å². The van der Waals surface area contributed by atoms with E-state index in [0.29, 0.717) is 0 Å². The summed E-state index contributed by atoms with van der Waals surface area (Å²) in [5.74, 6) is 0. The highest BCUT2D eigenvalue weighted by molar-refractivity contribution is 5.86. The highest BCUT2D eigenvalue weighted by Gasteiger charge is 2.09. The first-order valence-corrected chi connectivity index (χ1v) is 4.70. The van der Waals surface area contributed by atoms with Crippen LogP contribution in [-0.4, -0.2) is 5.71 Å². The van der Waals surface area contributed by atoms with Gasteiger partial charge in [0.2, 0.25) is 0 Å². The van der Waals surface area contributed by atoms with Crippen molar-refractivity contribution in [2.24, 2.45) is 4.99 Å². The zero-order valence-electron chi connectivity index (χ0n) is 6.97. The van der Waals surface area contributed by atoms with Crippen molar-refractivity contribution in [1.82, 2.24) is 0 Å². The van der Waals surface area contributed by atoms with Crippen LogP contribution in [0.3, 0.4) is 0 Å². The summed E-state index contributed by atoms with van der Waals surface area (Å²) in [5.41, 5.74) is 2.82. The van der Waals surface area contributed by atoms with Gasteiger partial charge in [0.15, 0.2) is 0 Å². The smallest absolute Gasteiger partial charge is 0.0363 e. The van der Waals surface area contributed by atoms with Gasteiger partial charge in [0.05, 0.1) is 0 Å². The molecule has 0 heterocycles. The van der Waals surface area contributed by atoms with Crippen molar-refractivity contribution in [2.75, 3.05) is 0 Å². The molecule has 60 valence electrons. The van der Waals surface area contributed by atoms with Gasteiger partial charge in [-0.1, -0.05) is 6.08 Å². The minimum Gasteiger partial charge on any atom is -0.263 e. The standard InChI is InChI=1S/C10H15N/c1-2-6-9(5-1)11-10-7-3-4-8-10/h5H,1-4,6-8H2. The lowest BCUT2D eigenvalue weighted by Crippen LogP contribution is -1.88. The lowest BCUT2D eigenvalue weighted by molar-refractivity contribution is 0.886. The normalized spacial score (nSPS) is 24.0. The van der Waals surface area contributed by atoms with E-state index in [4.69, 9.17) is 0 Å². The largest absolute Gasteiger partial charge is 0.263 e. The van der Waals surface area contributed by atoms with Crippen molar-refractivity contribution >= 4 is 5.71 Å². The quantitative estimate of drug-likeness (QED) is 0.543. The molecule has 0 aromatic rings.